The highest BCUT2D eigenvalue weighted by atomic mass is 19.1. The van der Waals surface area contributed by atoms with Crippen LogP contribution in [0.3, 0.4) is 0 Å². The lowest BCUT2D eigenvalue weighted by Crippen LogP contribution is -2.44. The quantitative estimate of drug-likeness (QED) is 0.705. The molecule has 1 heterocycles. The van der Waals surface area contributed by atoms with E-state index in [1.54, 1.807) is 0 Å². The molecule has 0 aromatic carbocycles. The lowest BCUT2D eigenvalue weighted by molar-refractivity contribution is -0.147. The maximum atomic E-state index is 13.2. The van der Waals surface area contributed by atoms with Crippen LogP contribution in [-0.4, -0.2) is 18.1 Å². The van der Waals surface area contributed by atoms with Crippen LogP contribution in [-0.2, 0) is 15.1 Å². The number of carbonyl (C=O) groups is 1. The fraction of sp³-hybridized carbons (Fsp3) is 0.333. The molecule has 1 aromatic heterocycles. The third kappa shape index (κ3) is 1.72. The minimum absolute atomic E-state index is 0.119. The molecule has 0 saturated carbocycles. The van der Waals surface area contributed by atoms with Gasteiger partial charge in [-0.3, -0.25) is 4.98 Å². The van der Waals surface area contributed by atoms with E-state index >= 15 is 0 Å². The SMILES string of the molecule is COC(=O)[C@](C)(N)c1ncccc1F. The number of nitrogens with two attached hydrogens (primary N) is 1. The molecule has 0 aliphatic heterocycles. The van der Waals surface area contributed by atoms with E-state index in [2.05, 4.69) is 9.72 Å². The summed E-state index contributed by atoms with van der Waals surface area (Å²) in [5.41, 5.74) is 3.94. The molecule has 0 bridgehead atoms. The summed E-state index contributed by atoms with van der Waals surface area (Å²) in [5.74, 6) is -1.35. The highest BCUT2D eigenvalue weighted by Gasteiger charge is 2.35. The van der Waals surface area contributed by atoms with Gasteiger partial charge in [0.25, 0.3) is 0 Å². The first-order chi connectivity index (χ1) is 6.50. The topological polar surface area (TPSA) is 65.2 Å². The third-order valence-corrected chi connectivity index (χ3v) is 1.86. The minimum Gasteiger partial charge on any atom is -0.467 e. The zero-order valence-electron chi connectivity index (χ0n) is 7.95. The van der Waals surface area contributed by atoms with E-state index in [-0.39, 0.29) is 5.69 Å². The van der Waals surface area contributed by atoms with Gasteiger partial charge in [0.05, 0.1) is 7.11 Å². The number of pyridine rings is 1. The van der Waals surface area contributed by atoms with Gasteiger partial charge in [0, 0.05) is 6.20 Å². The normalized spacial score (nSPS) is 14.6. The Bertz CT molecular complexity index is 352. The average molecular weight is 198 g/mol. The van der Waals surface area contributed by atoms with Crippen LogP contribution in [0, 0.1) is 5.82 Å². The van der Waals surface area contributed by atoms with Crippen molar-refractivity contribution in [2.45, 2.75) is 12.5 Å². The number of halogens is 1. The van der Waals surface area contributed by atoms with Gasteiger partial charge >= 0.3 is 5.97 Å². The van der Waals surface area contributed by atoms with Crippen LogP contribution >= 0.6 is 0 Å². The van der Waals surface area contributed by atoms with E-state index in [1.165, 1.54) is 32.4 Å². The first-order valence-corrected chi connectivity index (χ1v) is 3.98. The molecule has 2 N–H and O–H groups in total. The molecule has 0 radical (unpaired) electrons. The van der Waals surface area contributed by atoms with Crippen molar-refractivity contribution in [3.63, 3.8) is 0 Å². The lowest BCUT2D eigenvalue weighted by Gasteiger charge is -2.20. The first-order valence-electron chi connectivity index (χ1n) is 3.98. The summed E-state index contributed by atoms with van der Waals surface area (Å²) in [7, 11) is 1.19. The minimum atomic E-state index is -1.56. The van der Waals surface area contributed by atoms with Crippen molar-refractivity contribution in [1.29, 1.82) is 0 Å². The fourth-order valence-corrected chi connectivity index (χ4v) is 1.08. The number of hydrogen-bond acceptors (Lipinski definition) is 4. The standard InChI is InChI=1S/C9H11FN2O2/c1-9(11,8(13)14-2)7-6(10)4-3-5-12-7/h3-5H,11H2,1-2H3/t9-/m1/s1. The molecule has 1 aromatic rings. The molecule has 0 amide bonds. The van der Waals surface area contributed by atoms with Crippen LogP contribution < -0.4 is 5.73 Å². The number of methoxy groups -OCH3 is 1. The molecular weight excluding hydrogens is 187 g/mol. The Morgan fingerprint density at radius 2 is 2.36 bits per heavy atom. The molecule has 0 unspecified atom stereocenters. The van der Waals surface area contributed by atoms with Crippen molar-refractivity contribution >= 4 is 5.97 Å². The number of rotatable bonds is 2. The van der Waals surface area contributed by atoms with Crippen molar-refractivity contribution in [2.24, 2.45) is 5.73 Å². The van der Waals surface area contributed by atoms with Gasteiger partial charge in [-0.15, -0.1) is 0 Å². The van der Waals surface area contributed by atoms with Crippen LogP contribution in [0.25, 0.3) is 0 Å². The van der Waals surface area contributed by atoms with Crippen LogP contribution in [0.4, 0.5) is 4.39 Å². The second-order valence-corrected chi connectivity index (χ2v) is 3.03. The third-order valence-electron chi connectivity index (χ3n) is 1.86. The first kappa shape index (κ1) is 10.6. The molecule has 1 rings (SSSR count). The molecule has 76 valence electrons. The number of ether oxygens (including phenoxy) is 1. The number of aromatic nitrogens is 1. The Balaban J connectivity index is 3.16. The Morgan fingerprint density at radius 1 is 1.71 bits per heavy atom. The molecule has 14 heavy (non-hydrogen) atoms. The summed E-state index contributed by atoms with van der Waals surface area (Å²) < 4.78 is 17.7. The van der Waals surface area contributed by atoms with Crippen molar-refractivity contribution in [3.05, 3.63) is 29.8 Å². The van der Waals surface area contributed by atoms with Gasteiger partial charge in [-0.2, -0.15) is 0 Å². The number of nitrogens with zero attached hydrogens (tertiary/aromatic N) is 1. The Hall–Kier alpha value is -1.49. The van der Waals surface area contributed by atoms with Gasteiger partial charge in [0.15, 0.2) is 5.54 Å². The molecular formula is C9H11FN2O2. The molecule has 5 heteroatoms. The summed E-state index contributed by atoms with van der Waals surface area (Å²) in [4.78, 5) is 15.0. The zero-order chi connectivity index (χ0) is 10.8. The van der Waals surface area contributed by atoms with E-state index in [0.717, 1.165) is 0 Å². The van der Waals surface area contributed by atoms with E-state index in [9.17, 15) is 9.18 Å². The molecule has 0 aliphatic carbocycles. The second-order valence-electron chi connectivity index (χ2n) is 3.03. The summed E-state index contributed by atoms with van der Waals surface area (Å²) >= 11 is 0. The van der Waals surface area contributed by atoms with Gasteiger partial charge in [-0.05, 0) is 19.1 Å². The second kappa shape index (κ2) is 3.71. The van der Waals surface area contributed by atoms with Crippen LogP contribution in [0.15, 0.2) is 18.3 Å². The number of hydrogen-bond donors (Lipinski definition) is 1. The summed E-state index contributed by atoms with van der Waals surface area (Å²) in [5, 5.41) is 0. The van der Waals surface area contributed by atoms with Crippen LogP contribution in [0.2, 0.25) is 0 Å². The molecule has 0 saturated heterocycles. The van der Waals surface area contributed by atoms with Gasteiger partial charge in [-0.1, -0.05) is 0 Å². The van der Waals surface area contributed by atoms with Crippen molar-refractivity contribution in [3.8, 4) is 0 Å². The molecule has 0 spiro atoms. The van der Waals surface area contributed by atoms with Crippen molar-refractivity contribution in [1.82, 2.24) is 4.98 Å². The predicted molar refractivity (Wildman–Crippen MR) is 47.8 cm³/mol. The van der Waals surface area contributed by atoms with Crippen molar-refractivity contribution in [2.75, 3.05) is 7.11 Å². The van der Waals surface area contributed by atoms with Crippen LogP contribution in [0.1, 0.15) is 12.6 Å². The summed E-state index contributed by atoms with van der Waals surface area (Å²) in [6.45, 7) is 1.35. The lowest BCUT2D eigenvalue weighted by atomic mass is 9.98. The van der Waals surface area contributed by atoms with E-state index in [4.69, 9.17) is 5.73 Å². The summed E-state index contributed by atoms with van der Waals surface area (Å²) in [6.07, 6.45) is 1.37. The highest BCUT2D eigenvalue weighted by molar-refractivity contribution is 5.81. The summed E-state index contributed by atoms with van der Waals surface area (Å²) in [6, 6.07) is 2.61. The van der Waals surface area contributed by atoms with E-state index in [0.29, 0.717) is 0 Å². The average Bonchev–Trinajstić information content (AvgIpc) is 2.17. The maximum absolute atomic E-state index is 13.2. The van der Waals surface area contributed by atoms with Gasteiger partial charge in [-0.25, -0.2) is 9.18 Å². The predicted octanol–water partition coefficient (Wildman–Crippen LogP) is 0.568. The van der Waals surface area contributed by atoms with Crippen LogP contribution in [0.5, 0.6) is 0 Å². The highest BCUT2D eigenvalue weighted by Crippen LogP contribution is 2.19. The Labute approximate surface area is 80.9 Å². The fourth-order valence-electron chi connectivity index (χ4n) is 1.08. The number of esters is 1. The molecule has 1 atom stereocenters. The molecule has 0 aliphatic rings. The number of carbonyl (C=O) groups excluding carboxylic acids is 1. The molecule has 4 nitrogen and oxygen atoms in total. The van der Waals surface area contributed by atoms with E-state index in [1.807, 2.05) is 0 Å². The maximum Gasteiger partial charge on any atom is 0.331 e. The van der Waals surface area contributed by atoms with Gasteiger partial charge < -0.3 is 10.5 Å². The smallest absolute Gasteiger partial charge is 0.331 e. The monoisotopic (exact) mass is 198 g/mol. The Kier molecular flexibility index (Phi) is 2.81. The van der Waals surface area contributed by atoms with E-state index < -0.39 is 17.3 Å². The van der Waals surface area contributed by atoms with Gasteiger partial charge in [0.1, 0.15) is 11.5 Å². The largest absolute Gasteiger partial charge is 0.467 e. The zero-order valence-corrected chi connectivity index (χ0v) is 7.95. The Morgan fingerprint density at radius 3 is 2.86 bits per heavy atom. The van der Waals surface area contributed by atoms with Gasteiger partial charge in [0.2, 0.25) is 0 Å². The molecule has 0 fully saturated rings. The van der Waals surface area contributed by atoms with Crippen molar-refractivity contribution < 1.29 is 13.9 Å².